The summed E-state index contributed by atoms with van der Waals surface area (Å²) >= 11 is 1.50. The maximum Gasteiger partial charge on any atom is 0.183 e. The molecule has 0 fully saturated rings. The highest BCUT2D eigenvalue weighted by molar-refractivity contribution is 7.07. The predicted molar refractivity (Wildman–Crippen MR) is 65.1 cm³/mol. The molecule has 1 aromatic carbocycles. The van der Waals surface area contributed by atoms with Crippen molar-refractivity contribution < 1.29 is 8.78 Å². The standard InChI is InChI=1S/C11H11F2N3S/c12-8-1-2-9(14)11(10(8)13)15-4-3-7-5-17-6-16-7/h1-2,5-6,15H,3-4,14H2. The van der Waals surface area contributed by atoms with Crippen LogP contribution < -0.4 is 11.1 Å². The number of hydrogen-bond donors (Lipinski definition) is 2. The van der Waals surface area contributed by atoms with Crippen molar-refractivity contribution in [2.45, 2.75) is 6.42 Å². The second kappa shape index (κ2) is 5.09. The fourth-order valence-electron chi connectivity index (χ4n) is 1.42. The van der Waals surface area contributed by atoms with E-state index in [1.807, 2.05) is 5.38 Å². The molecule has 90 valence electrons. The number of nitrogens with zero attached hydrogens (tertiary/aromatic N) is 1. The number of nitrogens with one attached hydrogen (secondary N) is 1. The molecule has 0 bridgehead atoms. The van der Waals surface area contributed by atoms with Crippen LogP contribution in [0.4, 0.5) is 20.2 Å². The molecule has 3 nitrogen and oxygen atoms in total. The summed E-state index contributed by atoms with van der Waals surface area (Å²) in [5, 5.41) is 4.69. The van der Waals surface area contributed by atoms with Gasteiger partial charge in [-0.1, -0.05) is 0 Å². The van der Waals surface area contributed by atoms with E-state index >= 15 is 0 Å². The molecule has 1 heterocycles. The highest BCUT2D eigenvalue weighted by Gasteiger charge is 2.11. The van der Waals surface area contributed by atoms with Gasteiger partial charge >= 0.3 is 0 Å². The Morgan fingerprint density at radius 2 is 2.18 bits per heavy atom. The van der Waals surface area contributed by atoms with E-state index < -0.39 is 11.6 Å². The minimum absolute atomic E-state index is 0.0141. The van der Waals surface area contributed by atoms with Crippen LogP contribution in [0.25, 0.3) is 0 Å². The van der Waals surface area contributed by atoms with Crippen LogP contribution in [0.5, 0.6) is 0 Å². The minimum atomic E-state index is -0.941. The van der Waals surface area contributed by atoms with Crippen LogP contribution >= 0.6 is 11.3 Å². The Labute approximate surface area is 101 Å². The van der Waals surface area contributed by atoms with Crippen LogP contribution in [0.15, 0.2) is 23.0 Å². The molecule has 6 heteroatoms. The lowest BCUT2D eigenvalue weighted by Crippen LogP contribution is -2.09. The third-order valence-corrected chi connectivity index (χ3v) is 2.93. The largest absolute Gasteiger partial charge is 0.397 e. The summed E-state index contributed by atoms with van der Waals surface area (Å²) in [6.07, 6.45) is 0.638. The molecule has 2 rings (SSSR count). The van der Waals surface area contributed by atoms with Gasteiger partial charge in [0.15, 0.2) is 11.6 Å². The maximum atomic E-state index is 13.4. The molecule has 0 radical (unpaired) electrons. The van der Waals surface area contributed by atoms with E-state index in [4.69, 9.17) is 5.73 Å². The van der Waals surface area contributed by atoms with Crippen molar-refractivity contribution in [3.05, 3.63) is 40.4 Å². The van der Waals surface area contributed by atoms with E-state index in [0.717, 1.165) is 11.8 Å². The van der Waals surface area contributed by atoms with Gasteiger partial charge in [0.05, 0.1) is 22.6 Å². The molecule has 0 amide bonds. The highest BCUT2D eigenvalue weighted by Crippen LogP contribution is 2.24. The number of hydrogen-bond acceptors (Lipinski definition) is 4. The van der Waals surface area contributed by atoms with Crippen LogP contribution in [0, 0.1) is 11.6 Å². The summed E-state index contributed by atoms with van der Waals surface area (Å²) in [5.74, 6) is -1.85. The van der Waals surface area contributed by atoms with Crippen molar-refractivity contribution in [2.75, 3.05) is 17.6 Å². The van der Waals surface area contributed by atoms with E-state index in [1.54, 1.807) is 5.51 Å². The van der Waals surface area contributed by atoms with Gasteiger partial charge in [-0.2, -0.15) is 0 Å². The van der Waals surface area contributed by atoms with Gasteiger partial charge in [0.2, 0.25) is 0 Å². The number of nitrogen functional groups attached to an aromatic ring is 1. The molecule has 0 aliphatic carbocycles. The lowest BCUT2D eigenvalue weighted by atomic mass is 10.2. The van der Waals surface area contributed by atoms with Crippen molar-refractivity contribution in [3.8, 4) is 0 Å². The zero-order chi connectivity index (χ0) is 12.3. The van der Waals surface area contributed by atoms with Gasteiger partial charge in [-0.05, 0) is 12.1 Å². The highest BCUT2D eigenvalue weighted by atomic mass is 32.1. The maximum absolute atomic E-state index is 13.4. The molecule has 0 unspecified atom stereocenters. The summed E-state index contributed by atoms with van der Waals surface area (Å²) in [7, 11) is 0. The minimum Gasteiger partial charge on any atom is -0.397 e. The summed E-state index contributed by atoms with van der Waals surface area (Å²) in [6.45, 7) is 0.453. The molecule has 0 saturated heterocycles. The first-order valence-corrected chi connectivity index (χ1v) is 5.97. The molecule has 0 atom stereocenters. The number of benzene rings is 1. The molecule has 17 heavy (non-hydrogen) atoms. The SMILES string of the molecule is Nc1ccc(F)c(F)c1NCCc1cscn1. The van der Waals surface area contributed by atoms with E-state index in [0.29, 0.717) is 13.0 Å². The van der Waals surface area contributed by atoms with Crippen LogP contribution in [-0.2, 0) is 6.42 Å². The molecule has 0 aliphatic heterocycles. The summed E-state index contributed by atoms with van der Waals surface area (Å²) in [5.41, 5.74) is 8.42. The monoisotopic (exact) mass is 255 g/mol. The van der Waals surface area contributed by atoms with Crippen LogP contribution in [0.1, 0.15) is 5.69 Å². The van der Waals surface area contributed by atoms with Crippen molar-refractivity contribution in [3.63, 3.8) is 0 Å². The van der Waals surface area contributed by atoms with Crippen molar-refractivity contribution in [1.29, 1.82) is 0 Å². The molecule has 0 aliphatic rings. The molecule has 3 N–H and O–H groups in total. The van der Waals surface area contributed by atoms with E-state index in [1.165, 1.54) is 17.4 Å². The first-order valence-electron chi connectivity index (χ1n) is 5.03. The van der Waals surface area contributed by atoms with E-state index in [2.05, 4.69) is 10.3 Å². The molecular weight excluding hydrogens is 244 g/mol. The van der Waals surface area contributed by atoms with E-state index in [-0.39, 0.29) is 11.4 Å². The number of rotatable bonds is 4. The third kappa shape index (κ3) is 2.71. The van der Waals surface area contributed by atoms with Crippen LogP contribution in [0.3, 0.4) is 0 Å². The summed E-state index contributed by atoms with van der Waals surface area (Å²) < 4.78 is 26.4. The lowest BCUT2D eigenvalue weighted by molar-refractivity contribution is 0.511. The van der Waals surface area contributed by atoms with E-state index in [9.17, 15) is 8.78 Å². The average molecular weight is 255 g/mol. The van der Waals surface area contributed by atoms with Gasteiger partial charge in [-0.15, -0.1) is 11.3 Å². The number of aromatic nitrogens is 1. The van der Waals surface area contributed by atoms with Gasteiger partial charge in [0, 0.05) is 18.3 Å². The molecule has 2 aromatic rings. The van der Waals surface area contributed by atoms with Gasteiger partial charge < -0.3 is 11.1 Å². The number of thiazole rings is 1. The van der Waals surface area contributed by atoms with Crippen molar-refractivity contribution >= 4 is 22.7 Å². The quantitative estimate of drug-likeness (QED) is 0.826. The Morgan fingerprint density at radius 3 is 2.88 bits per heavy atom. The normalized spacial score (nSPS) is 10.5. The first-order chi connectivity index (χ1) is 8.18. The third-order valence-electron chi connectivity index (χ3n) is 2.29. The molecule has 0 spiro atoms. The summed E-state index contributed by atoms with van der Waals surface area (Å²) in [6, 6.07) is 2.35. The molecule has 1 aromatic heterocycles. The van der Waals surface area contributed by atoms with Crippen molar-refractivity contribution in [1.82, 2.24) is 4.98 Å². The number of nitrogens with two attached hydrogens (primary N) is 1. The zero-order valence-corrected chi connectivity index (χ0v) is 9.73. The molecule has 0 saturated carbocycles. The Balaban J connectivity index is 2.01. The second-order valence-corrected chi connectivity index (χ2v) is 4.20. The van der Waals surface area contributed by atoms with Crippen LogP contribution in [0.2, 0.25) is 0 Å². The zero-order valence-electron chi connectivity index (χ0n) is 8.91. The fraction of sp³-hybridized carbons (Fsp3) is 0.182. The Hall–Kier alpha value is -1.69. The Bertz CT molecular complexity index is 500. The van der Waals surface area contributed by atoms with Gasteiger partial charge in [0.1, 0.15) is 0 Å². The Morgan fingerprint density at radius 1 is 1.35 bits per heavy atom. The number of anilines is 2. The van der Waals surface area contributed by atoms with Crippen molar-refractivity contribution in [2.24, 2.45) is 0 Å². The smallest absolute Gasteiger partial charge is 0.183 e. The fourth-order valence-corrected chi connectivity index (χ4v) is 2.01. The first kappa shape index (κ1) is 11.8. The Kier molecular flexibility index (Phi) is 3.53. The molecular formula is C11H11F2N3S. The topological polar surface area (TPSA) is 50.9 Å². The van der Waals surface area contributed by atoms with Gasteiger partial charge in [-0.25, -0.2) is 13.8 Å². The number of halogens is 2. The average Bonchev–Trinajstić information content (AvgIpc) is 2.81. The van der Waals surface area contributed by atoms with Gasteiger partial charge in [0.25, 0.3) is 0 Å². The van der Waals surface area contributed by atoms with Crippen LogP contribution in [-0.4, -0.2) is 11.5 Å². The lowest BCUT2D eigenvalue weighted by Gasteiger charge is -2.10. The summed E-state index contributed by atoms with van der Waals surface area (Å²) in [4.78, 5) is 4.09. The predicted octanol–water partition coefficient (Wildman–Crippen LogP) is 2.66. The second-order valence-electron chi connectivity index (χ2n) is 3.48. The van der Waals surface area contributed by atoms with Gasteiger partial charge in [-0.3, -0.25) is 0 Å².